The molecule has 0 aromatic heterocycles. The first kappa shape index (κ1) is 10.7. The first-order valence-corrected chi connectivity index (χ1v) is 3.03. The number of nitrogens with two attached hydrogens (primary N) is 2. The molecule has 0 saturated carbocycles. The van der Waals surface area contributed by atoms with Crippen LogP contribution in [0.1, 0.15) is 5.56 Å². The highest BCUT2D eigenvalue weighted by molar-refractivity contribution is 5.97. The summed E-state index contributed by atoms with van der Waals surface area (Å²) in [5.41, 5.74) is 5.81. The molecule has 0 fully saturated rings. The van der Waals surface area contributed by atoms with Crippen molar-refractivity contribution in [1.82, 2.24) is 0 Å². The Balaban J connectivity index is 0.00000121. The summed E-state index contributed by atoms with van der Waals surface area (Å²) in [6.07, 6.45) is 0. The molecule has 0 aliphatic heterocycles. The lowest BCUT2D eigenvalue weighted by Crippen LogP contribution is -2.15. The zero-order valence-corrected chi connectivity index (χ0v) is 7.01. The van der Waals surface area contributed by atoms with Gasteiger partial charge < -0.3 is 11.6 Å². The van der Waals surface area contributed by atoms with Gasteiger partial charge >= 0.3 is 0 Å². The Hall–Kier alpha value is -1.29. The van der Waals surface area contributed by atoms with Crippen LogP contribution in [0.3, 0.4) is 0 Å². The Labute approximate surface area is 75.7 Å². The van der Waals surface area contributed by atoms with Gasteiger partial charge in [-0.1, -0.05) is 12.1 Å². The minimum absolute atomic E-state index is 0. The van der Waals surface area contributed by atoms with Crippen LogP contribution in [0.5, 0.6) is 0 Å². The fourth-order valence-corrected chi connectivity index (χ4v) is 0.722. The summed E-state index contributed by atoms with van der Waals surface area (Å²) in [6.45, 7) is 0. The van der Waals surface area contributed by atoms with Crippen molar-refractivity contribution >= 4 is 18.2 Å². The minimum atomic E-state index is -0.353. The summed E-state index contributed by atoms with van der Waals surface area (Å²) < 4.78 is 12.5. The van der Waals surface area contributed by atoms with Gasteiger partial charge in [0.1, 0.15) is 11.7 Å². The summed E-state index contributed by atoms with van der Waals surface area (Å²) in [7, 11) is 0. The number of amidine groups is 1. The fraction of sp³-hybridized carbons (Fsp3) is 0. The smallest absolute Gasteiger partial charge is 0.150 e. The maximum Gasteiger partial charge on any atom is 0.150 e. The zero-order chi connectivity index (χ0) is 8.27. The van der Waals surface area contributed by atoms with Gasteiger partial charge in [-0.2, -0.15) is 5.10 Å². The molecule has 0 aliphatic carbocycles. The van der Waals surface area contributed by atoms with Gasteiger partial charge in [0.2, 0.25) is 0 Å². The van der Waals surface area contributed by atoms with Gasteiger partial charge in [-0.3, -0.25) is 0 Å². The standard InChI is InChI=1S/C7H8FN3.ClH/c8-6-3-1-2-5(4-6)7(9)11-10;/h1-4H,10H2,(H2,9,11);1H. The number of halogens is 2. The zero-order valence-electron chi connectivity index (χ0n) is 6.20. The number of hydrazone groups is 1. The Morgan fingerprint density at radius 3 is 2.58 bits per heavy atom. The molecule has 0 aliphatic rings. The summed E-state index contributed by atoms with van der Waals surface area (Å²) in [5.74, 6) is 4.67. The van der Waals surface area contributed by atoms with Gasteiger partial charge in [0.25, 0.3) is 0 Å². The molecule has 12 heavy (non-hydrogen) atoms. The van der Waals surface area contributed by atoms with Crippen molar-refractivity contribution in [2.24, 2.45) is 16.7 Å². The molecule has 0 spiro atoms. The number of hydrogen-bond donors (Lipinski definition) is 2. The highest BCUT2D eigenvalue weighted by atomic mass is 35.5. The summed E-state index contributed by atoms with van der Waals surface area (Å²) >= 11 is 0. The fourth-order valence-electron chi connectivity index (χ4n) is 0.722. The van der Waals surface area contributed by atoms with Crippen LogP contribution >= 0.6 is 12.4 Å². The highest BCUT2D eigenvalue weighted by Gasteiger charge is 1.97. The lowest BCUT2D eigenvalue weighted by atomic mass is 10.2. The summed E-state index contributed by atoms with van der Waals surface area (Å²) in [6, 6.07) is 5.77. The van der Waals surface area contributed by atoms with E-state index < -0.39 is 0 Å². The number of benzene rings is 1. The Morgan fingerprint density at radius 2 is 2.08 bits per heavy atom. The predicted molar refractivity (Wildman–Crippen MR) is 48.6 cm³/mol. The molecule has 3 nitrogen and oxygen atoms in total. The summed E-state index contributed by atoms with van der Waals surface area (Å²) in [5, 5.41) is 3.23. The average Bonchev–Trinajstić information content (AvgIpc) is 2.03. The molecule has 1 aromatic rings. The molecule has 5 heteroatoms. The van der Waals surface area contributed by atoms with Crippen molar-refractivity contribution in [2.45, 2.75) is 0 Å². The highest BCUT2D eigenvalue weighted by Crippen LogP contribution is 2.01. The molecule has 1 aromatic carbocycles. The van der Waals surface area contributed by atoms with E-state index in [1.807, 2.05) is 0 Å². The van der Waals surface area contributed by atoms with Crippen LogP contribution in [0.4, 0.5) is 4.39 Å². The van der Waals surface area contributed by atoms with E-state index in [9.17, 15) is 4.39 Å². The molecule has 4 N–H and O–H groups in total. The average molecular weight is 190 g/mol. The van der Waals surface area contributed by atoms with Crippen LogP contribution in [-0.2, 0) is 0 Å². The lowest BCUT2D eigenvalue weighted by Gasteiger charge is -1.97. The normalized spacial score (nSPS) is 10.6. The second-order valence-corrected chi connectivity index (χ2v) is 2.02. The van der Waals surface area contributed by atoms with E-state index >= 15 is 0 Å². The van der Waals surface area contributed by atoms with E-state index in [0.29, 0.717) is 5.56 Å². The molecular weight excluding hydrogens is 181 g/mol. The second kappa shape index (κ2) is 4.56. The largest absolute Gasteiger partial charge is 0.382 e. The van der Waals surface area contributed by atoms with Gasteiger partial charge in [-0.05, 0) is 12.1 Å². The van der Waals surface area contributed by atoms with Crippen molar-refractivity contribution < 1.29 is 4.39 Å². The molecular formula is C7H9ClFN3. The van der Waals surface area contributed by atoms with Crippen LogP contribution < -0.4 is 11.6 Å². The third-order valence-electron chi connectivity index (χ3n) is 1.26. The maximum atomic E-state index is 12.5. The predicted octanol–water partition coefficient (Wildman–Crippen LogP) is 0.827. The Bertz CT molecular complexity index is 288. The minimum Gasteiger partial charge on any atom is -0.382 e. The molecule has 1 rings (SSSR count). The molecule has 0 saturated heterocycles. The van der Waals surface area contributed by atoms with Crippen LogP contribution in [-0.4, -0.2) is 5.84 Å². The monoisotopic (exact) mass is 189 g/mol. The lowest BCUT2D eigenvalue weighted by molar-refractivity contribution is 0.627. The first-order valence-electron chi connectivity index (χ1n) is 3.03. The molecule has 0 heterocycles. The van der Waals surface area contributed by atoms with E-state index in [0.717, 1.165) is 0 Å². The van der Waals surface area contributed by atoms with E-state index in [2.05, 4.69) is 5.10 Å². The topological polar surface area (TPSA) is 64.4 Å². The molecule has 0 amide bonds. The molecule has 0 bridgehead atoms. The van der Waals surface area contributed by atoms with Gasteiger partial charge in [0.05, 0.1) is 0 Å². The van der Waals surface area contributed by atoms with Crippen molar-refractivity contribution in [2.75, 3.05) is 0 Å². The molecule has 66 valence electrons. The summed E-state index contributed by atoms with van der Waals surface area (Å²) in [4.78, 5) is 0. The van der Waals surface area contributed by atoms with Crippen molar-refractivity contribution in [3.8, 4) is 0 Å². The van der Waals surface area contributed by atoms with Gasteiger partial charge in [-0.15, -0.1) is 12.4 Å². The SMILES string of the molecule is Cl.N/N=C(\N)c1cccc(F)c1. The van der Waals surface area contributed by atoms with Crippen LogP contribution in [0.2, 0.25) is 0 Å². The van der Waals surface area contributed by atoms with E-state index in [1.165, 1.54) is 12.1 Å². The third-order valence-corrected chi connectivity index (χ3v) is 1.26. The first-order chi connectivity index (χ1) is 5.24. The van der Waals surface area contributed by atoms with Crippen molar-refractivity contribution in [3.63, 3.8) is 0 Å². The molecule has 0 atom stereocenters. The number of hydrogen-bond acceptors (Lipinski definition) is 2. The maximum absolute atomic E-state index is 12.5. The third kappa shape index (κ3) is 2.39. The van der Waals surface area contributed by atoms with E-state index in [-0.39, 0.29) is 24.1 Å². The van der Waals surface area contributed by atoms with E-state index in [4.69, 9.17) is 11.6 Å². The second-order valence-electron chi connectivity index (χ2n) is 2.02. The molecule has 0 radical (unpaired) electrons. The van der Waals surface area contributed by atoms with Crippen molar-refractivity contribution in [3.05, 3.63) is 35.6 Å². The number of rotatable bonds is 1. The van der Waals surface area contributed by atoms with Gasteiger partial charge in [0.15, 0.2) is 0 Å². The van der Waals surface area contributed by atoms with Crippen LogP contribution in [0.25, 0.3) is 0 Å². The van der Waals surface area contributed by atoms with Crippen molar-refractivity contribution in [1.29, 1.82) is 0 Å². The number of nitrogens with zero attached hydrogens (tertiary/aromatic N) is 1. The molecule has 0 unspecified atom stereocenters. The van der Waals surface area contributed by atoms with E-state index in [1.54, 1.807) is 12.1 Å². The van der Waals surface area contributed by atoms with Gasteiger partial charge in [0, 0.05) is 5.56 Å². The van der Waals surface area contributed by atoms with Gasteiger partial charge in [-0.25, -0.2) is 4.39 Å². The Kier molecular flexibility index (Phi) is 4.07. The Morgan fingerprint density at radius 1 is 1.42 bits per heavy atom. The quantitative estimate of drug-likeness (QED) is 0.298. The van der Waals surface area contributed by atoms with Crippen LogP contribution in [0, 0.1) is 5.82 Å². The van der Waals surface area contributed by atoms with Crippen LogP contribution in [0.15, 0.2) is 29.4 Å².